The maximum Gasteiger partial charge on any atom is 0.265 e. The molecule has 6 heteroatoms. The van der Waals surface area contributed by atoms with Crippen molar-refractivity contribution in [2.24, 2.45) is 0 Å². The lowest BCUT2D eigenvalue weighted by molar-refractivity contribution is -0.120. The minimum absolute atomic E-state index is 0.115. The van der Waals surface area contributed by atoms with Gasteiger partial charge in [0.25, 0.3) is 11.5 Å². The smallest absolute Gasteiger partial charge is 0.265 e. The molecule has 0 aliphatic carbocycles. The fourth-order valence-electron chi connectivity index (χ4n) is 3.56. The first-order chi connectivity index (χ1) is 15.5. The Labute approximate surface area is 186 Å². The normalized spacial score (nSPS) is 10.7. The van der Waals surface area contributed by atoms with Crippen molar-refractivity contribution in [1.29, 1.82) is 0 Å². The standard InChI is InChI=1S/C26H24N2O4/c1-18-8-6-7-11-24(18)28(25(29)17-32-21-9-4-3-5-10-21)16-20-14-19-15-22(31-2)12-13-23(19)27-26(20)30/h3-15H,16-17H2,1-2H3,(H,27,30). The molecule has 32 heavy (non-hydrogen) atoms. The number of nitrogens with zero attached hydrogens (tertiary/aromatic N) is 1. The quantitative estimate of drug-likeness (QED) is 0.472. The van der Waals surface area contributed by atoms with Gasteiger partial charge in [0, 0.05) is 22.2 Å². The van der Waals surface area contributed by atoms with E-state index >= 15 is 0 Å². The summed E-state index contributed by atoms with van der Waals surface area (Å²) >= 11 is 0. The van der Waals surface area contributed by atoms with Crippen LogP contribution in [0.1, 0.15) is 11.1 Å². The van der Waals surface area contributed by atoms with Crippen molar-refractivity contribution < 1.29 is 14.3 Å². The molecule has 0 saturated carbocycles. The molecule has 0 spiro atoms. The van der Waals surface area contributed by atoms with E-state index < -0.39 is 0 Å². The molecule has 4 aromatic rings. The Kier molecular flexibility index (Phi) is 6.22. The van der Waals surface area contributed by atoms with Gasteiger partial charge in [-0.15, -0.1) is 0 Å². The molecule has 3 aromatic carbocycles. The van der Waals surface area contributed by atoms with E-state index in [1.54, 1.807) is 42.3 Å². The van der Waals surface area contributed by atoms with Crippen molar-refractivity contribution in [3.8, 4) is 11.5 Å². The van der Waals surface area contributed by atoms with Crippen molar-refractivity contribution in [1.82, 2.24) is 4.98 Å². The van der Waals surface area contributed by atoms with Crippen LogP contribution in [0.5, 0.6) is 11.5 Å². The van der Waals surface area contributed by atoms with Crippen molar-refractivity contribution in [3.05, 3.63) is 100 Å². The lowest BCUT2D eigenvalue weighted by atomic mass is 10.1. The molecule has 0 aliphatic heterocycles. The predicted molar refractivity (Wildman–Crippen MR) is 125 cm³/mol. The van der Waals surface area contributed by atoms with Crippen LogP contribution in [0.25, 0.3) is 10.9 Å². The molecule has 0 fully saturated rings. The zero-order valence-corrected chi connectivity index (χ0v) is 18.0. The Bertz CT molecular complexity index is 1300. The van der Waals surface area contributed by atoms with Crippen LogP contribution in [0, 0.1) is 6.92 Å². The van der Waals surface area contributed by atoms with Gasteiger partial charge < -0.3 is 19.4 Å². The number of H-pyrrole nitrogens is 1. The molecule has 0 radical (unpaired) electrons. The second kappa shape index (κ2) is 9.39. The van der Waals surface area contributed by atoms with Gasteiger partial charge in [-0.1, -0.05) is 36.4 Å². The van der Waals surface area contributed by atoms with E-state index in [4.69, 9.17) is 9.47 Å². The van der Waals surface area contributed by atoms with Gasteiger partial charge in [0.15, 0.2) is 6.61 Å². The first-order valence-electron chi connectivity index (χ1n) is 10.3. The molecule has 1 heterocycles. The van der Waals surface area contributed by atoms with E-state index in [1.165, 1.54) is 0 Å². The van der Waals surface area contributed by atoms with Crippen LogP contribution in [0.15, 0.2) is 83.7 Å². The van der Waals surface area contributed by atoms with E-state index in [9.17, 15) is 9.59 Å². The molecule has 1 amide bonds. The SMILES string of the molecule is COc1ccc2[nH]c(=O)c(CN(C(=O)COc3ccccc3)c3ccccc3C)cc2c1. The molecule has 0 unspecified atom stereocenters. The largest absolute Gasteiger partial charge is 0.497 e. The summed E-state index contributed by atoms with van der Waals surface area (Å²) in [6.07, 6.45) is 0. The topological polar surface area (TPSA) is 71.6 Å². The second-order valence-electron chi connectivity index (χ2n) is 7.44. The fraction of sp³-hybridized carbons (Fsp3) is 0.154. The Morgan fingerprint density at radius 2 is 1.69 bits per heavy atom. The number of methoxy groups -OCH3 is 1. The van der Waals surface area contributed by atoms with Crippen LogP contribution < -0.4 is 19.9 Å². The number of aromatic nitrogens is 1. The molecule has 1 N–H and O–H groups in total. The second-order valence-corrected chi connectivity index (χ2v) is 7.44. The van der Waals surface area contributed by atoms with Crippen LogP contribution in [0.3, 0.4) is 0 Å². The van der Waals surface area contributed by atoms with E-state index in [-0.39, 0.29) is 24.6 Å². The summed E-state index contributed by atoms with van der Waals surface area (Å²) in [5.74, 6) is 1.06. The first kappa shape index (κ1) is 21.2. The van der Waals surface area contributed by atoms with Crippen molar-refractivity contribution in [3.63, 3.8) is 0 Å². The van der Waals surface area contributed by atoms with E-state index in [0.717, 1.165) is 16.6 Å². The van der Waals surface area contributed by atoms with Gasteiger partial charge in [0.1, 0.15) is 11.5 Å². The molecule has 0 bridgehead atoms. The Morgan fingerprint density at radius 1 is 0.938 bits per heavy atom. The number of anilines is 1. The minimum atomic E-state index is -0.242. The molecule has 0 atom stereocenters. The number of rotatable bonds is 7. The fourth-order valence-corrected chi connectivity index (χ4v) is 3.56. The average Bonchev–Trinajstić information content (AvgIpc) is 2.82. The summed E-state index contributed by atoms with van der Waals surface area (Å²) in [6, 6.07) is 24.0. The number of hydrogen-bond acceptors (Lipinski definition) is 4. The average molecular weight is 428 g/mol. The van der Waals surface area contributed by atoms with E-state index in [2.05, 4.69) is 4.98 Å². The summed E-state index contributed by atoms with van der Waals surface area (Å²) in [7, 11) is 1.60. The highest BCUT2D eigenvalue weighted by molar-refractivity contribution is 5.95. The molecule has 6 nitrogen and oxygen atoms in total. The Morgan fingerprint density at radius 3 is 2.44 bits per heavy atom. The molecule has 0 aliphatic rings. The number of para-hydroxylation sites is 2. The molecule has 0 saturated heterocycles. The third-order valence-electron chi connectivity index (χ3n) is 5.27. The number of aromatic amines is 1. The van der Waals surface area contributed by atoms with E-state index in [0.29, 0.717) is 22.6 Å². The molecular formula is C26H24N2O4. The lowest BCUT2D eigenvalue weighted by Gasteiger charge is -2.24. The van der Waals surface area contributed by atoms with Gasteiger partial charge in [-0.05, 0) is 55.0 Å². The monoisotopic (exact) mass is 428 g/mol. The van der Waals surface area contributed by atoms with Gasteiger partial charge in [-0.2, -0.15) is 0 Å². The highest BCUT2D eigenvalue weighted by Crippen LogP contribution is 2.24. The molecule has 162 valence electrons. The molecular weight excluding hydrogens is 404 g/mol. The van der Waals surface area contributed by atoms with Gasteiger partial charge in [0.2, 0.25) is 0 Å². The zero-order chi connectivity index (χ0) is 22.5. The number of ether oxygens (including phenoxy) is 2. The van der Waals surface area contributed by atoms with Gasteiger partial charge in [-0.3, -0.25) is 9.59 Å². The first-order valence-corrected chi connectivity index (χ1v) is 10.3. The molecule has 1 aromatic heterocycles. The van der Waals surface area contributed by atoms with Crippen LogP contribution in [-0.2, 0) is 11.3 Å². The third-order valence-corrected chi connectivity index (χ3v) is 5.27. The number of fused-ring (bicyclic) bond motifs is 1. The maximum absolute atomic E-state index is 13.2. The van der Waals surface area contributed by atoms with Crippen molar-refractivity contribution in [2.75, 3.05) is 18.6 Å². The highest BCUT2D eigenvalue weighted by atomic mass is 16.5. The lowest BCUT2D eigenvalue weighted by Crippen LogP contribution is -2.36. The highest BCUT2D eigenvalue weighted by Gasteiger charge is 2.20. The van der Waals surface area contributed by atoms with Gasteiger partial charge in [0.05, 0.1) is 13.7 Å². The number of pyridine rings is 1. The maximum atomic E-state index is 13.2. The van der Waals surface area contributed by atoms with Gasteiger partial charge in [-0.25, -0.2) is 0 Å². The van der Waals surface area contributed by atoms with Crippen LogP contribution >= 0.6 is 0 Å². The summed E-state index contributed by atoms with van der Waals surface area (Å²) < 4.78 is 11.0. The number of carbonyl (C=O) groups excluding carboxylic acids is 1. The molecule has 4 rings (SSSR count). The minimum Gasteiger partial charge on any atom is -0.497 e. The summed E-state index contributed by atoms with van der Waals surface area (Å²) in [5.41, 5.74) is 2.61. The number of carbonyl (C=O) groups is 1. The number of nitrogens with one attached hydrogen (secondary N) is 1. The van der Waals surface area contributed by atoms with Crippen LogP contribution in [0.4, 0.5) is 5.69 Å². The number of benzene rings is 3. The van der Waals surface area contributed by atoms with Crippen LogP contribution in [-0.4, -0.2) is 24.6 Å². The van der Waals surface area contributed by atoms with Crippen LogP contribution in [0.2, 0.25) is 0 Å². The number of aryl methyl sites for hydroxylation is 1. The predicted octanol–water partition coefficient (Wildman–Crippen LogP) is 4.46. The summed E-state index contributed by atoms with van der Waals surface area (Å²) in [4.78, 5) is 30.5. The number of amides is 1. The van der Waals surface area contributed by atoms with Crippen molar-refractivity contribution >= 4 is 22.5 Å². The summed E-state index contributed by atoms with van der Waals surface area (Å²) in [5, 5.41) is 0.830. The van der Waals surface area contributed by atoms with E-state index in [1.807, 2.05) is 55.5 Å². The number of hydrogen-bond donors (Lipinski definition) is 1. The van der Waals surface area contributed by atoms with Gasteiger partial charge >= 0.3 is 0 Å². The third kappa shape index (κ3) is 4.64. The van der Waals surface area contributed by atoms with Crippen molar-refractivity contribution in [2.45, 2.75) is 13.5 Å². The Balaban J connectivity index is 1.67. The zero-order valence-electron chi connectivity index (χ0n) is 18.0. The Hall–Kier alpha value is -4.06. The summed E-state index contributed by atoms with van der Waals surface area (Å²) in [6.45, 7) is 1.91.